The number of hydrogen-bond donors (Lipinski definition) is 0. The molecule has 0 aromatic carbocycles. The van der Waals surface area contributed by atoms with Crippen molar-refractivity contribution in [2.45, 2.75) is 32.6 Å². The molecule has 6 nitrogen and oxygen atoms in total. The second-order valence-corrected chi connectivity index (χ2v) is 4.87. The topological polar surface area (TPSA) is 74.7 Å². The lowest BCUT2D eigenvalue weighted by Gasteiger charge is -2.21. The molecule has 0 aliphatic rings. The molecule has 0 saturated heterocycles. The van der Waals surface area contributed by atoms with Crippen molar-refractivity contribution in [1.82, 2.24) is 4.98 Å². The molecule has 0 aliphatic carbocycles. The molecular weight excluding hydrogens is 357 g/mol. The Labute approximate surface area is 138 Å². The van der Waals surface area contributed by atoms with E-state index >= 15 is 0 Å². The van der Waals surface area contributed by atoms with Gasteiger partial charge in [-0.25, -0.2) is 23.4 Å². The summed E-state index contributed by atoms with van der Waals surface area (Å²) < 4.78 is 79.8. The minimum atomic E-state index is -5.28. The van der Waals surface area contributed by atoms with Crippen molar-refractivity contribution in [2.24, 2.45) is 0 Å². The van der Waals surface area contributed by atoms with Gasteiger partial charge in [-0.05, 0) is 13.8 Å². The first-order valence-corrected chi connectivity index (χ1v) is 6.72. The molecule has 0 bridgehead atoms. The molecule has 25 heavy (non-hydrogen) atoms. The normalized spacial score (nSPS) is 11.6. The number of halogens is 5. The van der Waals surface area contributed by atoms with Crippen LogP contribution in [0.15, 0.2) is 0 Å². The van der Waals surface area contributed by atoms with Crippen molar-refractivity contribution in [2.75, 3.05) is 14.2 Å². The SMILES string of the molecule is COC(=O)c1c(C(F)F)nc(C(F)(F)F)c(C(=O)OC)c1OC(C)C. The first kappa shape index (κ1) is 20.6. The van der Waals surface area contributed by atoms with Crippen LogP contribution in [0.5, 0.6) is 5.75 Å². The van der Waals surface area contributed by atoms with Crippen LogP contribution in [0, 0.1) is 0 Å². The van der Waals surface area contributed by atoms with E-state index in [1.54, 1.807) is 0 Å². The molecule has 1 aromatic rings. The van der Waals surface area contributed by atoms with Crippen LogP contribution in [0.2, 0.25) is 0 Å². The third kappa shape index (κ3) is 4.34. The van der Waals surface area contributed by atoms with Crippen molar-refractivity contribution >= 4 is 11.9 Å². The van der Waals surface area contributed by atoms with Crippen LogP contribution < -0.4 is 4.74 Å². The van der Waals surface area contributed by atoms with Crippen LogP contribution in [0.1, 0.15) is 52.4 Å². The Kier molecular flexibility index (Phi) is 6.27. The minimum absolute atomic E-state index is 0.778. The standard InChI is InChI=1S/C14H14F5NO5/c1-5(2)25-9-6(12(21)23-3)8(11(15)16)20-10(14(17,18)19)7(9)13(22)24-4/h5,11H,1-4H3. The zero-order valence-electron chi connectivity index (χ0n) is 13.5. The Balaban J connectivity index is 4.05. The molecule has 0 unspecified atom stereocenters. The van der Waals surface area contributed by atoms with Gasteiger partial charge in [0.05, 0.1) is 20.3 Å². The number of alkyl halides is 5. The predicted octanol–water partition coefficient (Wildman–Crippen LogP) is 3.40. The van der Waals surface area contributed by atoms with E-state index in [9.17, 15) is 31.5 Å². The van der Waals surface area contributed by atoms with Gasteiger partial charge < -0.3 is 14.2 Å². The number of pyridine rings is 1. The molecule has 0 radical (unpaired) electrons. The van der Waals surface area contributed by atoms with Crippen LogP contribution in [0.25, 0.3) is 0 Å². The highest BCUT2D eigenvalue weighted by atomic mass is 19.4. The third-order valence-electron chi connectivity index (χ3n) is 2.79. The monoisotopic (exact) mass is 371 g/mol. The van der Waals surface area contributed by atoms with Gasteiger partial charge in [-0.3, -0.25) is 0 Å². The van der Waals surface area contributed by atoms with Gasteiger partial charge >= 0.3 is 18.1 Å². The zero-order chi connectivity index (χ0) is 19.5. The summed E-state index contributed by atoms with van der Waals surface area (Å²) in [7, 11) is 1.60. The fourth-order valence-electron chi connectivity index (χ4n) is 1.89. The third-order valence-corrected chi connectivity index (χ3v) is 2.79. The molecular formula is C14H14F5NO5. The molecule has 0 aliphatic heterocycles. The summed E-state index contributed by atoms with van der Waals surface area (Å²) >= 11 is 0. The fraction of sp³-hybridized carbons (Fsp3) is 0.500. The maximum Gasteiger partial charge on any atom is 0.434 e. The molecule has 140 valence electrons. The van der Waals surface area contributed by atoms with Gasteiger partial charge in [-0.15, -0.1) is 0 Å². The summed E-state index contributed by atoms with van der Waals surface area (Å²) in [5.74, 6) is -4.01. The van der Waals surface area contributed by atoms with Gasteiger partial charge in [0, 0.05) is 0 Å². The van der Waals surface area contributed by atoms with Crippen molar-refractivity contribution in [1.29, 1.82) is 0 Å². The molecule has 0 amide bonds. The lowest BCUT2D eigenvalue weighted by molar-refractivity contribution is -0.142. The molecule has 1 aromatic heterocycles. The second kappa shape index (κ2) is 7.62. The molecule has 0 N–H and O–H groups in total. The smallest absolute Gasteiger partial charge is 0.434 e. The van der Waals surface area contributed by atoms with Crippen LogP contribution in [-0.4, -0.2) is 37.2 Å². The summed E-state index contributed by atoms with van der Waals surface area (Å²) in [6.45, 7) is 2.72. The van der Waals surface area contributed by atoms with Gasteiger partial charge in [-0.2, -0.15) is 13.2 Å². The molecule has 0 fully saturated rings. The Morgan fingerprint density at radius 3 is 1.84 bits per heavy atom. The van der Waals surface area contributed by atoms with Gasteiger partial charge in [0.25, 0.3) is 6.43 Å². The average molecular weight is 371 g/mol. The van der Waals surface area contributed by atoms with E-state index in [1.165, 1.54) is 13.8 Å². The second-order valence-electron chi connectivity index (χ2n) is 4.87. The Hall–Kier alpha value is -2.46. The quantitative estimate of drug-likeness (QED) is 0.583. The number of carbonyl (C=O) groups excluding carboxylic acids is 2. The minimum Gasteiger partial charge on any atom is -0.489 e. The highest BCUT2D eigenvalue weighted by Crippen LogP contribution is 2.41. The number of nitrogens with zero attached hydrogens (tertiary/aromatic N) is 1. The highest BCUT2D eigenvalue weighted by Gasteiger charge is 2.44. The number of rotatable bonds is 5. The molecule has 1 rings (SSSR count). The maximum atomic E-state index is 13.2. The van der Waals surface area contributed by atoms with Crippen molar-refractivity contribution in [3.63, 3.8) is 0 Å². The summed E-state index contributed by atoms with van der Waals surface area (Å²) in [5.41, 5.74) is -5.81. The van der Waals surface area contributed by atoms with Gasteiger partial charge in [0.15, 0.2) is 11.4 Å². The fourth-order valence-corrected chi connectivity index (χ4v) is 1.89. The van der Waals surface area contributed by atoms with Gasteiger partial charge in [0.1, 0.15) is 16.8 Å². The lowest BCUT2D eigenvalue weighted by atomic mass is 10.0. The van der Waals surface area contributed by atoms with Crippen molar-refractivity contribution in [3.05, 3.63) is 22.5 Å². The van der Waals surface area contributed by atoms with E-state index in [0.717, 1.165) is 14.2 Å². The van der Waals surface area contributed by atoms with E-state index in [-0.39, 0.29) is 0 Å². The van der Waals surface area contributed by atoms with Crippen LogP contribution in [-0.2, 0) is 15.7 Å². The largest absolute Gasteiger partial charge is 0.489 e. The van der Waals surface area contributed by atoms with E-state index < -0.39 is 58.9 Å². The van der Waals surface area contributed by atoms with Crippen LogP contribution in [0.3, 0.4) is 0 Å². The first-order chi connectivity index (χ1) is 11.4. The predicted molar refractivity (Wildman–Crippen MR) is 72.6 cm³/mol. The summed E-state index contributed by atoms with van der Waals surface area (Å²) in [6.07, 6.45) is -9.70. The van der Waals surface area contributed by atoms with Crippen molar-refractivity contribution in [3.8, 4) is 5.75 Å². The number of methoxy groups -OCH3 is 2. The van der Waals surface area contributed by atoms with Crippen molar-refractivity contribution < 1.29 is 45.8 Å². The highest BCUT2D eigenvalue weighted by molar-refractivity contribution is 6.01. The maximum absolute atomic E-state index is 13.2. The van der Waals surface area contributed by atoms with E-state index in [2.05, 4.69) is 14.5 Å². The number of hydrogen-bond acceptors (Lipinski definition) is 6. The lowest BCUT2D eigenvalue weighted by Crippen LogP contribution is -2.24. The summed E-state index contributed by atoms with van der Waals surface area (Å²) in [4.78, 5) is 26.5. The molecule has 1 heterocycles. The number of aromatic nitrogens is 1. The van der Waals surface area contributed by atoms with Crippen LogP contribution >= 0.6 is 0 Å². The van der Waals surface area contributed by atoms with Gasteiger partial charge in [0.2, 0.25) is 0 Å². The molecule has 0 spiro atoms. The van der Waals surface area contributed by atoms with Gasteiger partial charge in [-0.1, -0.05) is 0 Å². The zero-order valence-corrected chi connectivity index (χ0v) is 13.5. The van der Waals surface area contributed by atoms with E-state index in [1.807, 2.05) is 0 Å². The molecule has 11 heteroatoms. The summed E-state index contributed by atoms with van der Waals surface area (Å²) in [5, 5.41) is 0. The number of esters is 2. The number of carbonyl (C=O) groups is 2. The Morgan fingerprint density at radius 1 is 1.00 bits per heavy atom. The Bertz CT molecular complexity index is 673. The summed E-state index contributed by atoms with van der Waals surface area (Å²) in [6, 6.07) is 0. The van der Waals surface area contributed by atoms with E-state index in [0.29, 0.717) is 0 Å². The molecule has 0 saturated carbocycles. The first-order valence-electron chi connectivity index (χ1n) is 6.72. The average Bonchev–Trinajstić information content (AvgIpc) is 2.50. The number of ether oxygens (including phenoxy) is 3. The molecule has 0 atom stereocenters. The Morgan fingerprint density at radius 2 is 1.48 bits per heavy atom. The van der Waals surface area contributed by atoms with Crippen LogP contribution in [0.4, 0.5) is 22.0 Å². The van der Waals surface area contributed by atoms with E-state index in [4.69, 9.17) is 4.74 Å².